The summed E-state index contributed by atoms with van der Waals surface area (Å²) in [6, 6.07) is 0. The predicted molar refractivity (Wildman–Crippen MR) is 51.4 cm³/mol. The number of allylic oxidation sites excluding steroid dienone is 1. The van der Waals surface area contributed by atoms with Crippen LogP contribution in [-0.4, -0.2) is 15.1 Å². The van der Waals surface area contributed by atoms with Gasteiger partial charge in [0, 0.05) is 23.3 Å². The normalized spacial score (nSPS) is 9.55. The zero-order chi connectivity index (χ0) is 8.27. The summed E-state index contributed by atoms with van der Waals surface area (Å²) >= 11 is 3.32. The van der Waals surface area contributed by atoms with Crippen molar-refractivity contribution in [3.8, 4) is 0 Å². The first-order chi connectivity index (χ1) is 5.27. The second-order valence-corrected chi connectivity index (χ2v) is 2.69. The van der Waals surface area contributed by atoms with Crippen LogP contribution < -0.4 is 0 Å². The average Bonchev–Trinajstić information content (AvgIpc) is 2.50. The van der Waals surface area contributed by atoms with E-state index in [2.05, 4.69) is 34.2 Å². The lowest BCUT2D eigenvalue weighted by molar-refractivity contribution is 0.937. The minimum Gasteiger partial charge on any atom is -0.248 e. The van der Waals surface area contributed by atoms with E-state index in [1.54, 1.807) is 17.1 Å². The fraction of sp³-hybridized carbons (Fsp3) is 0.125. The molecule has 0 fully saturated rings. The summed E-state index contributed by atoms with van der Waals surface area (Å²) in [6.45, 7) is 7.45. The lowest BCUT2D eigenvalue weighted by Crippen LogP contribution is -1.82. The lowest BCUT2D eigenvalue weighted by Gasteiger charge is -1.92. The molecule has 1 rings (SSSR count). The van der Waals surface area contributed by atoms with Crippen molar-refractivity contribution in [1.29, 1.82) is 0 Å². The molecule has 11 heavy (non-hydrogen) atoms. The molecule has 0 aliphatic heterocycles. The van der Waals surface area contributed by atoms with Crippen molar-refractivity contribution in [2.75, 3.05) is 5.33 Å². The number of hydrogen-bond acceptors (Lipinski definition) is 1. The summed E-state index contributed by atoms with van der Waals surface area (Å²) in [6.07, 6.45) is 5.30. The van der Waals surface area contributed by atoms with Crippen LogP contribution in [0.15, 0.2) is 25.6 Å². The summed E-state index contributed by atoms with van der Waals surface area (Å²) in [5.74, 6) is 0. The summed E-state index contributed by atoms with van der Waals surface area (Å²) in [4.78, 5) is 0. The van der Waals surface area contributed by atoms with Crippen molar-refractivity contribution < 1.29 is 0 Å². The van der Waals surface area contributed by atoms with E-state index in [9.17, 15) is 0 Å². The third kappa shape index (κ3) is 1.80. The summed E-state index contributed by atoms with van der Waals surface area (Å²) in [5.41, 5.74) is 2.07. The smallest absolute Gasteiger partial charge is 0.0569 e. The molecule has 0 spiro atoms. The zero-order valence-electron chi connectivity index (χ0n) is 6.13. The van der Waals surface area contributed by atoms with Crippen molar-refractivity contribution in [1.82, 2.24) is 9.78 Å². The van der Waals surface area contributed by atoms with Gasteiger partial charge in [-0.3, -0.25) is 0 Å². The monoisotopic (exact) mass is 212 g/mol. The van der Waals surface area contributed by atoms with Crippen molar-refractivity contribution in [3.63, 3.8) is 0 Å². The fourth-order valence-electron chi connectivity index (χ4n) is 0.698. The Kier molecular flexibility index (Phi) is 2.65. The van der Waals surface area contributed by atoms with Crippen molar-refractivity contribution in [3.05, 3.63) is 31.1 Å². The molecule has 0 aromatic carbocycles. The molecular weight excluding hydrogens is 204 g/mol. The summed E-state index contributed by atoms with van der Waals surface area (Å²) in [5, 5.41) is 4.79. The van der Waals surface area contributed by atoms with Crippen LogP contribution in [-0.2, 0) is 0 Å². The molecule has 0 aliphatic rings. The first kappa shape index (κ1) is 8.27. The number of nitrogens with zero attached hydrogens (tertiary/aromatic N) is 2. The van der Waals surface area contributed by atoms with Gasteiger partial charge in [0.2, 0.25) is 0 Å². The average molecular weight is 213 g/mol. The number of halogens is 1. The molecule has 0 atom stereocenters. The third-order valence-corrected chi connectivity index (χ3v) is 2.03. The van der Waals surface area contributed by atoms with Crippen LogP contribution in [0.5, 0.6) is 0 Å². The molecule has 0 amide bonds. The Labute approximate surface area is 74.4 Å². The van der Waals surface area contributed by atoms with E-state index in [4.69, 9.17) is 0 Å². The van der Waals surface area contributed by atoms with Gasteiger partial charge >= 0.3 is 0 Å². The SMILES string of the molecule is C=Cn1cc(C(=C)CBr)cn1. The molecule has 0 saturated carbocycles. The van der Waals surface area contributed by atoms with E-state index in [1.807, 2.05) is 6.20 Å². The van der Waals surface area contributed by atoms with E-state index in [-0.39, 0.29) is 0 Å². The minimum absolute atomic E-state index is 0.774. The van der Waals surface area contributed by atoms with Gasteiger partial charge in [-0.15, -0.1) is 0 Å². The van der Waals surface area contributed by atoms with Crippen LogP contribution in [0.25, 0.3) is 11.8 Å². The topological polar surface area (TPSA) is 17.8 Å². The van der Waals surface area contributed by atoms with E-state index in [0.29, 0.717) is 0 Å². The van der Waals surface area contributed by atoms with Crippen LogP contribution in [0.4, 0.5) is 0 Å². The van der Waals surface area contributed by atoms with Gasteiger partial charge in [0.05, 0.1) is 6.20 Å². The first-order valence-corrected chi connectivity index (χ1v) is 4.31. The van der Waals surface area contributed by atoms with Crippen LogP contribution in [0.1, 0.15) is 5.56 Å². The summed E-state index contributed by atoms with van der Waals surface area (Å²) in [7, 11) is 0. The first-order valence-electron chi connectivity index (χ1n) is 3.18. The maximum atomic E-state index is 4.02. The third-order valence-electron chi connectivity index (χ3n) is 1.36. The highest BCUT2D eigenvalue weighted by Gasteiger charge is 1.98. The van der Waals surface area contributed by atoms with Gasteiger partial charge in [0.1, 0.15) is 0 Å². The quantitative estimate of drug-likeness (QED) is 0.705. The lowest BCUT2D eigenvalue weighted by atomic mass is 10.2. The van der Waals surface area contributed by atoms with Crippen molar-refractivity contribution in [2.24, 2.45) is 0 Å². The molecule has 3 heteroatoms. The van der Waals surface area contributed by atoms with Gasteiger partial charge in [-0.1, -0.05) is 29.1 Å². The maximum absolute atomic E-state index is 4.02. The maximum Gasteiger partial charge on any atom is 0.0569 e. The van der Waals surface area contributed by atoms with E-state index < -0.39 is 0 Å². The Morgan fingerprint density at radius 2 is 2.55 bits per heavy atom. The van der Waals surface area contributed by atoms with Crippen molar-refractivity contribution in [2.45, 2.75) is 0 Å². The zero-order valence-corrected chi connectivity index (χ0v) is 7.71. The van der Waals surface area contributed by atoms with Gasteiger partial charge in [-0.05, 0) is 5.57 Å². The van der Waals surface area contributed by atoms with E-state index >= 15 is 0 Å². The fourth-order valence-corrected chi connectivity index (χ4v) is 1.02. The largest absolute Gasteiger partial charge is 0.248 e. The molecule has 58 valence electrons. The van der Waals surface area contributed by atoms with E-state index in [0.717, 1.165) is 16.5 Å². The van der Waals surface area contributed by atoms with Crippen LogP contribution in [0.2, 0.25) is 0 Å². The van der Waals surface area contributed by atoms with Crippen LogP contribution in [0, 0.1) is 0 Å². The van der Waals surface area contributed by atoms with Crippen molar-refractivity contribution >= 4 is 27.7 Å². The Bertz CT molecular complexity index is 275. The molecule has 0 bridgehead atoms. The van der Waals surface area contributed by atoms with Gasteiger partial charge in [0.15, 0.2) is 0 Å². The number of alkyl halides is 1. The van der Waals surface area contributed by atoms with Gasteiger partial charge < -0.3 is 0 Å². The molecule has 2 nitrogen and oxygen atoms in total. The Morgan fingerprint density at radius 1 is 1.82 bits per heavy atom. The molecule has 0 unspecified atom stereocenters. The standard InChI is InChI=1S/C8H9BrN2/c1-3-11-6-8(5-10-11)7(2)4-9/h3,5-6H,1-2,4H2. The highest BCUT2D eigenvalue weighted by molar-refractivity contribution is 9.09. The molecule has 1 aromatic heterocycles. The van der Waals surface area contributed by atoms with Crippen LogP contribution >= 0.6 is 15.9 Å². The number of aromatic nitrogens is 2. The van der Waals surface area contributed by atoms with E-state index in [1.165, 1.54) is 0 Å². The van der Waals surface area contributed by atoms with Crippen LogP contribution in [0.3, 0.4) is 0 Å². The number of hydrogen-bond donors (Lipinski definition) is 0. The van der Waals surface area contributed by atoms with Gasteiger partial charge in [-0.25, -0.2) is 4.68 Å². The minimum atomic E-state index is 0.774. The molecule has 0 N–H and O–H groups in total. The molecule has 1 heterocycles. The molecule has 0 radical (unpaired) electrons. The Balaban J connectivity index is 2.88. The Hall–Kier alpha value is -0.830. The Morgan fingerprint density at radius 3 is 3.00 bits per heavy atom. The van der Waals surface area contributed by atoms with Gasteiger partial charge in [-0.2, -0.15) is 5.10 Å². The number of rotatable bonds is 3. The molecule has 0 aliphatic carbocycles. The second-order valence-electron chi connectivity index (χ2n) is 2.13. The summed E-state index contributed by atoms with van der Waals surface area (Å²) < 4.78 is 1.66. The van der Waals surface area contributed by atoms with Gasteiger partial charge in [0.25, 0.3) is 0 Å². The highest BCUT2D eigenvalue weighted by atomic mass is 79.9. The predicted octanol–water partition coefficient (Wildman–Crippen LogP) is 2.39. The highest BCUT2D eigenvalue weighted by Crippen LogP contribution is 2.12. The molecular formula is C8H9BrN2. The molecule has 1 aromatic rings. The second kappa shape index (κ2) is 3.53. The molecule has 0 saturated heterocycles.